The molecule has 180 valence electrons. The Morgan fingerprint density at radius 1 is 1.06 bits per heavy atom. The smallest absolute Gasteiger partial charge is 0.253 e. The van der Waals surface area contributed by atoms with Gasteiger partial charge >= 0.3 is 0 Å². The second kappa shape index (κ2) is 11.4. The molecule has 1 aliphatic rings. The van der Waals surface area contributed by atoms with Gasteiger partial charge in [0, 0.05) is 13.1 Å². The number of halogens is 1. The lowest BCUT2D eigenvalue weighted by Crippen LogP contribution is -2.33. The second-order valence-corrected chi connectivity index (χ2v) is 11.2. The maximum atomic E-state index is 13.2. The summed E-state index contributed by atoms with van der Waals surface area (Å²) in [5.41, 5.74) is 1.11. The zero-order valence-electron chi connectivity index (χ0n) is 19.5. The highest BCUT2D eigenvalue weighted by Gasteiger charge is 2.27. The Balaban J connectivity index is 1.86. The summed E-state index contributed by atoms with van der Waals surface area (Å²) < 4.78 is 33.2. The number of carbonyl (C=O) groups is 1. The van der Waals surface area contributed by atoms with Crippen LogP contribution in [0.15, 0.2) is 47.4 Å². The van der Waals surface area contributed by atoms with E-state index in [9.17, 15) is 13.2 Å². The molecule has 0 unspecified atom stereocenters. The molecule has 1 aliphatic heterocycles. The number of nitrogens with zero attached hydrogens (tertiary/aromatic N) is 1. The molecular weight excluding hydrogens is 460 g/mol. The van der Waals surface area contributed by atoms with E-state index in [1.807, 2.05) is 24.3 Å². The third-order valence-electron chi connectivity index (χ3n) is 5.92. The molecule has 1 amide bonds. The van der Waals surface area contributed by atoms with Crippen LogP contribution in [0, 0.1) is 5.92 Å². The summed E-state index contributed by atoms with van der Waals surface area (Å²) in [7, 11) is -2.08. The minimum atomic E-state index is -3.68. The first-order valence-corrected chi connectivity index (χ1v) is 13.3. The van der Waals surface area contributed by atoms with E-state index in [2.05, 4.69) is 19.2 Å². The van der Waals surface area contributed by atoms with Gasteiger partial charge in [0.2, 0.25) is 10.0 Å². The highest BCUT2D eigenvalue weighted by atomic mass is 35.5. The first-order valence-electron chi connectivity index (χ1n) is 11.5. The molecule has 1 fully saturated rings. The van der Waals surface area contributed by atoms with E-state index >= 15 is 0 Å². The SMILES string of the molecule is COc1ccc([C@H](CC(C)C)NC(=O)c2cc(S(=O)(=O)N3CCCCCC3)ccc2Cl)cc1. The number of ether oxygens (including phenoxy) is 1. The molecule has 0 saturated carbocycles. The molecular formula is C25H33ClN2O4S. The Bertz CT molecular complexity index is 1050. The number of hydrogen-bond acceptors (Lipinski definition) is 4. The molecule has 3 rings (SSSR count). The van der Waals surface area contributed by atoms with Crippen molar-refractivity contribution in [2.24, 2.45) is 5.92 Å². The third-order valence-corrected chi connectivity index (χ3v) is 8.14. The number of rotatable bonds is 8. The molecule has 0 aromatic heterocycles. The molecule has 2 aromatic carbocycles. The van der Waals surface area contributed by atoms with Crippen LogP contribution < -0.4 is 10.1 Å². The van der Waals surface area contributed by atoms with Gasteiger partial charge < -0.3 is 10.1 Å². The van der Waals surface area contributed by atoms with Gasteiger partial charge in [-0.1, -0.05) is 50.4 Å². The standard InChI is InChI=1S/C25H33ClN2O4S/c1-18(2)16-24(19-8-10-20(32-3)11-9-19)27-25(29)22-17-21(12-13-23(22)26)33(30,31)28-14-6-4-5-7-15-28/h8-13,17-18,24H,4-7,14-16H2,1-3H3,(H,27,29)/t24-/m0/s1. The Hall–Kier alpha value is -2.09. The Morgan fingerprint density at radius 2 is 1.70 bits per heavy atom. The van der Waals surface area contributed by atoms with Gasteiger partial charge in [0.1, 0.15) is 5.75 Å². The van der Waals surface area contributed by atoms with E-state index in [1.165, 1.54) is 22.5 Å². The molecule has 1 heterocycles. The number of methoxy groups -OCH3 is 1. The number of hydrogen-bond donors (Lipinski definition) is 1. The van der Waals surface area contributed by atoms with Gasteiger partial charge in [-0.2, -0.15) is 4.31 Å². The maximum Gasteiger partial charge on any atom is 0.253 e. The maximum absolute atomic E-state index is 13.2. The van der Waals surface area contributed by atoms with E-state index < -0.39 is 15.9 Å². The summed E-state index contributed by atoms with van der Waals surface area (Å²) in [6, 6.07) is 11.7. The summed E-state index contributed by atoms with van der Waals surface area (Å²) in [6.45, 7) is 5.18. The molecule has 2 aromatic rings. The van der Waals surface area contributed by atoms with E-state index in [-0.39, 0.29) is 21.5 Å². The third kappa shape index (κ3) is 6.49. The number of benzene rings is 2. The van der Waals surface area contributed by atoms with Gasteiger partial charge in [0.15, 0.2) is 0 Å². The molecule has 33 heavy (non-hydrogen) atoms. The predicted molar refractivity (Wildman–Crippen MR) is 131 cm³/mol. The van der Waals surface area contributed by atoms with Crippen LogP contribution in [0.2, 0.25) is 5.02 Å². The molecule has 0 bridgehead atoms. The van der Waals surface area contributed by atoms with Crippen LogP contribution in [0.5, 0.6) is 5.75 Å². The summed E-state index contributed by atoms with van der Waals surface area (Å²) in [6.07, 6.45) is 4.48. The van der Waals surface area contributed by atoms with Crippen molar-refractivity contribution in [3.63, 3.8) is 0 Å². The lowest BCUT2D eigenvalue weighted by molar-refractivity contribution is 0.0932. The predicted octanol–water partition coefficient (Wildman–Crippen LogP) is 5.43. The van der Waals surface area contributed by atoms with Crippen LogP contribution in [0.4, 0.5) is 0 Å². The van der Waals surface area contributed by atoms with Crippen molar-refractivity contribution in [3.05, 3.63) is 58.6 Å². The van der Waals surface area contributed by atoms with Crippen molar-refractivity contribution >= 4 is 27.5 Å². The number of carbonyl (C=O) groups excluding carboxylic acids is 1. The Kier molecular flexibility index (Phi) is 8.79. The fraction of sp³-hybridized carbons (Fsp3) is 0.480. The summed E-state index contributed by atoms with van der Waals surface area (Å²) >= 11 is 6.34. The number of amides is 1. The van der Waals surface area contributed by atoms with Gasteiger partial charge in [-0.15, -0.1) is 0 Å². The fourth-order valence-corrected chi connectivity index (χ4v) is 5.84. The average molecular weight is 493 g/mol. The van der Waals surface area contributed by atoms with Gasteiger partial charge in [-0.05, 0) is 61.1 Å². The lowest BCUT2D eigenvalue weighted by Gasteiger charge is -2.23. The minimum absolute atomic E-state index is 0.101. The van der Waals surface area contributed by atoms with Crippen molar-refractivity contribution < 1.29 is 17.9 Å². The zero-order valence-corrected chi connectivity index (χ0v) is 21.1. The molecule has 0 aliphatic carbocycles. The first-order chi connectivity index (χ1) is 15.7. The van der Waals surface area contributed by atoms with E-state index in [0.29, 0.717) is 19.0 Å². The van der Waals surface area contributed by atoms with E-state index in [1.54, 1.807) is 7.11 Å². The quantitative estimate of drug-likeness (QED) is 0.533. The van der Waals surface area contributed by atoms with Crippen LogP contribution >= 0.6 is 11.6 Å². The normalized spacial score (nSPS) is 16.3. The number of nitrogens with one attached hydrogen (secondary N) is 1. The monoisotopic (exact) mass is 492 g/mol. The Labute approximate surface area is 202 Å². The topological polar surface area (TPSA) is 75.7 Å². The summed E-state index contributed by atoms with van der Waals surface area (Å²) in [4.78, 5) is 13.3. The van der Waals surface area contributed by atoms with Crippen molar-refractivity contribution in [2.75, 3.05) is 20.2 Å². The van der Waals surface area contributed by atoms with Crippen LogP contribution in [0.25, 0.3) is 0 Å². The summed E-state index contributed by atoms with van der Waals surface area (Å²) in [5.74, 6) is 0.680. The lowest BCUT2D eigenvalue weighted by atomic mass is 9.96. The van der Waals surface area contributed by atoms with Crippen molar-refractivity contribution in [2.45, 2.75) is 56.9 Å². The zero-order chi connectivity index (χ0) is 24.0. The largest absolute Gasteiger partial charge is 0.497 e. The molecule has 1 atom stereocenters. The van der Waals surface area contributed by atoms with Gasteiger partial charge in [0.05, 0.1) is 28.6 Å². The van der Waals surface area contributed by atoms with Crippen molar-refractivity contribution in [1.82, 2.24) is 9.62 Å². The molecule has 6 nitrogen and oxygen atoms in total. The second-order valence-electron chi connectivity index (χ2n) is 8.89. The molecule has 1 saturated heterocycles. The van der Waals surface area contributed by atoms with E-state index in [0.717, 1.165) is 43.4 Å². The average Bonchev–Trinajstić information content (AvgIpc) is 3.09. The number of sulfonamides is 1. The molecule has 8 heteroatoms. The first kappa shape index (κ1) is 25.5. The summed E-state index contributed by atoms with van der Waals surface area (Å²) in [5, 5.41) is 3.28. The van der Waals surface area contributed by atoms with Crippen molar-refractivity contribution in [1.29, 1.82) is 0 Å². The van der Waals surface area contributed by atoms with Crippen molar-refractivity contribution in [3.8, 4) is 5.75 Å². The van der Waals surface area contributed by atoms with Crippen LogP contribution in [0.1, 0.15) is 67.9 Å². The van der Waals surface area contributed by atoms with E-state index in [4.69, 9.17) is 16.3 Å². The molecule has 1 N–H and O–H groups in total. The van der Waals surface area contributed by atoms with Crippen LogP contribution in [-0.2, 0) is 10.0 Å². The highest BCUT2D eigenvalue weighted by Crippen LogP contribution is 2.28. The van der Waals surface area contributed by atoms with Crippen LogP contribution in [-0.4, -0.2) is 38.8 Å². The molecule has 0 radical (unpaired) electrons. The molecule has 0 spiro atoms. The van der Waals surface area contributed by atoms with Gasteiger partial charge in [-0.3, -0.25) is 4.79 Å². The highest BCUT2D eigenvalue weighted by molar-refractivity contribution is 7.89. The van der Waals surface area contributed by atoms with Gasteiger partial charge in [0.25, 0.3) is 5.91 Å². The fourth-order valence-electron chi connectivity index (χ4n) is 4.09. The van der Waals surface area contributed by atoms with Crippen LogP contribution in [0.3, 0.4) is 0 Å². The Morgan fingerprint density at radius 3 is 2.27 bits per heavy atom. The minimum Gasteiger partial charge on any atom is -0.497 e. The van der Waals surface area contributed by atoms with Gasteiger partial charge in [-0.25, -0.2) is 8.42 Å².